The van der Waals surface area contributed by atoms with E-state index in [1.807, 2.05) is 30.3 Å². The average molecular weight is 436 g/mol. The molecule has 156 valence electrons. The molecule has 1 aromatic heterocycles. The second-order valence-corrected chi connectivity index (χ2v) is 7.36. The third-order valence-corrected chi connectivity index (χ3v) is 4.77. The van der Waals surface area contributed by atoms with E-state index in [0.717, 1.165) is 11.1 Å². The van der Waals surface area contributed by atoms with E-state index in [4.69, 9.17) is 16.3 Å². The van der Waals surface area contributed by atoms with Crippen LogP contribution in [0.4, 0.5) is 10.2 Å². The number of carbonyl (C=O) groups excluding carboxylic acids is 1. The van der Waals surface area contributed by atoms with Gasteiger partial charge in [0, 0.05) is 22.8 Å². The van der Waals surface area contributed by atoms with Crippen LogP contribution in [0.5, 0.6) is 5.75 Å². The number of anilines is 1. The van der Waals surface area contributed by atoms with Gasteiger partial charge in [0.25, 0.3) is 5.91 Å². The number of hydrogen-bond acceptors (Lipinski definition) is 3. The van der Waals surface area contributed by atoms with Crippen molar-refractivity contribution >= 4 is 23.3 Å². The summed E-state index contributed by atoms with van der Waals surface area (Å²) >= 11 is 5.95. The van der Waals surface area contributed by atoms with Crippen molar-refractivity contribution in [2.24, 2.45) is 0 Å². The summed E-state index contributed by atoms with van der Waals surface area (Å²) in [6.07, 6.45) is 1.73. The first-order chi connectivity index (χ1) is 15.0. The number of nitrogens with zero attached hydrogens (tertiary/aromatic N) is 2. The highest BCUT2D eigenvalue weighted by Gasteiger charge is 2.09. The third kappa shape index (κ3) is 5.71. The summed E-state index contributed by atoms with van der Waals surface area (Å²) in [5.41, 5.74) is 2.22. The van der Waals surface area contributed by atoms with Crippen molar-refractivity contribution in [1.29, 1.82) is 0 Å². The van der Waals surface area contributed by atoms with Crippen LogP contribution in [-0.2, 0) is 13.2 Å². The molecule has 1 amide bonds. The molecule has 4 aromatic rings. The zero-order valence-electron chi connectivity index (χ0n) is 16.5. The summed E-state index contributed by atoms with van der Waals surface area (Å²) in [5, 5.41) is 7.70. The Morgan fingerprint density at radius 2 is 1.81 bits per heavy atom. The van der Waals surface area contributed by atoms with E-state index < -0.39 is 0 Å². The van der Waals surface area contributed by atoms with Gasteiger partial charge in [-0.1, -0.05) is 41.9 Å². The van der Waals surface area contributed by atoms with Crippen LogP contribution in [0.3, 0.4) is 0 Å². The van der Waals surface area contributed by atoms with Gasteiger partial charge < -0.3 is 10.1 Å². The van der Waals surface area contributed by atoms with Crippen molar-refractivity contribution in [1.82, 2.24) is 9.78 Å². The molecular formula is C24H19ClFN3O2. The number of aromatic nitrogens is 2. The van der Waals surface area contributed by atoms with Crippen LogP contribution < -0.4 is 10.1 Å². The SMILES string of the molecule is O=C(Nc1ccn(Cc2cccc(F)c2)n1)c1ccc(COc2cccc(Cl)c2)cc1. The maximum absolute atomic E-state index is 13.3. The van der Waals surface area contributed by atoms with Crippen LogP contribution >= 0.6 is 11.6 Å². The second-order valence-electron chi connectivity index (χ2n) is 6.93. The van der Waals surface area contributed by atoms with Gasteiger partial charge in [0.15, 0.2) is 5.82 Å². The lowest BCUT2D eigenvalue weighted by molar-refractivity contribution is 0.102. The van der Waals surface area contributed by atoms with Crippen LogP contribution in [0.25, 0.3) is 0 Å². The molecule has 0 aliphatic heterocycles. The number of halogens is 2. The van der Waals surface area contributed by atoms with Gasteiger partial charge in [0.05, 0.1) is 6.54 Å². The van der Waals surface area contributed by atoms with Gasteiger partial charge in [-0.2, -0.15) is 5.10 Å². The summed E-state index contributed by atoms with van der Waals surface area (Å²) < 4.78 is 20.7. The van der Waals surface area contributed by atoms with Crippen molar-refractivity contribution in [2.45, 2.75) is 13.2 Å². The number of hydrogen-bond donors (Lipinski definition) is 1. The van der Waals surface area contributed by atoms with E-state index in [9.17, 15) is 9.18 Å². The molecular weight excluding hydrogens is 417 g/mol. The van der Waals surface area contributed by atoms with E-state index in [2.05, 4.69) is 10.4 Å². The number of rotatable bonds is 7. The van der Waals surface area contributed by atoms with Gasteiger partial charge in [0.2, 0.25) is 0 Å². The molecule has 0 atom stereocenters. The molecule has 0 spiro atoms. The van der Waals surface area contributed by atoms with E-state index in [1.54, 1.807) is 47.3 Å². The summed E-state index contributed by atoms with van der Waals surface area (Å²) in [7, 11) is 0. The molecule has 0 aliphatic carbocycles. The van der Waals surface area contributed by atoms with Gasteiger partial charge in [-0.15, -0.1) is 0 Å². The molecule has 3 aromatic carbocycles. The van der Waals surface area contributed by atoms with Crippen LogP contribution in [0.2, 0.25) is 5.02 Å². The minimum atomic E-state index is -0.292. The molecule has 0 bridgehead atoms. The van der Waals surface area contributed by atoms with Crippen LogP contribution in [0.1, 0.15) is 21.5 Å². The molecule has 1 N–H and O–H groups in total. The Labute approximate surface area is 184 Å². The van der Waals surface area contributed by atoms with E-state index >= 15 is 0 Å². The Morgan fingerprint density at radius 3 is 2.58 bits per heavy atom. The third-order valence-electron chi connectivity index (χ3n) is 4.53. The topological polar surface area (TPSA) is 56.2 Å². The molecule has 0 saturated carbocycles. The molecule has 31 heavy (non-hydrogen) atoms. The molecule has 0 unspecified atom stereocenters. The van der Waals surface area contributed by atoms with Crippen LogP contribution in [0, 0.1) is 5.82 Å². The van der Waals surface area contributed by atoms with Gasteiger partial charge in [0.1, 0.15) is 18.2 Å². The Bertz CT molecular complexity index is 1190. The van der Waals surface area contributed by atoms with Crippen molar-refractivity contribution in [3.05, 3.63) is 113 Å². The first kappa shape index (κ1) is 20.6. The second kappa shape index (κ2) is 9.45. The normalized spacial score (nSPS) is 10.6. The number of benzene rings is 3. The van der Waals surface area contributed by atoms with E-state index in [0.29, 0.717) is 35.3 Å². The lowest BCUT2D eigenvalue weighted by Gasteiger charge is -2.08. The van der Waals surface area contributed by atoms with Gasteiger partial charge in [-0.25, -0.2) is 4.39 Å². The number of amides is 1. The van der Waals surface area contributed by atoms with Crippen molar-refractivity contribution in [2.75, 3.05) is 5.32 Å². The Hall–Kier alpha value is -3.64. The quantitative estimate of drug-likeness (QED) is 0.413. The molecule has 7 heteroatoms. The van der Waals surface area contributed by atoms with Gasteiger partial charge >= 0.3 is 0 Å². The number of nitrogens with one attached hydrogen (secondary N) is 1. The molecule has 0 radical (unpaired) electrons. The minimum absolute atomic E-state index is 0.265. The Kier molecular flexibility index (Phi) is 6.29. The van der Waals surface area contributed by atoms with Gasteiger partial charge in [-0.05, 0) is 53.6 Å². The Balaban J connectivity index is 1.33. The molecule has 0 fully saturated rings. The van der Waals surface area contributed by atoms with E-state index in [1.165, 1.54) is 12.1 Å². The maximum atomic E-state index is 13.3. The summed E-state index contributed by atoms with van der Waals surface area (Å²) in [6, 6.07) is 22.3. The standard InChI is InChI=1S/C24H19ClFN3O2/c25-20-4-2-6-22(14-20)31-16-17-7-9-19(10-8-17)24(30)27-23-11-12-29(28-23)15-18-3-1-5-21(26)13-18/h1-14H,15-16H2,(H,27,28,30). The zero-order chi connectivity index (χ0) is 21.6. The number of ether oxygens (including phenoxy) is 1. The summed E-state index contributed by atoms with van der Waals surface area (Å²) in [6.45, 7) is 0.779. The highest BCUT2D eigenvalue weighted by atomic mass is 35.5. The highest BCUT2D eigenvalue weighted by Crippen LogP contribution is 2.18. The molecule has 0 aliphatic rings. The molecule has 1 heterocycles. The first-order valence-corrected chi connectivity index (χ1v) is 9.99. The lowest BCUT2D eigenvalue weighted by Crippen LogP contribution is -2.13. The minimum Gasteiger partial charge on any atom is -0.489 e. The summed E-state index contributed by atoms with van der Waals surface area (Å²) in [5.74, 6) is 0.552. The number of carbonyl (C=O) groups is 1. The molecule has 5 nitrogen and oxygen atoms in total. The lowest BCUT2D eigenvalue weighted by atomic mass is 10.1. The fraction of sp³-hybridized carbons (Fsp3) is 0.0833. The fourth-order valence-electron chi connectivity index (χ4n) is 3.00. The largest absolute Gasteiger partial charge is 0.489 e. The average Bonchev–Trinajstić information content (AvgIpc) is 3.19. The van der Waals surface area contributed by atoms with Crippen molar-refractivity contribution < 1.29 is 13.9 Å². The van der Waals surface area contributed by atoms with Gasteiger partial charge in [-0.3, -0.25) is 9.48 Å². The predicted molar refractivity (Wildman–Crippen MR) is 118 cm³/mol. The van der Waals surface area contributed by atoms with Crippen molar-refractivity contribution in [3.63, 3.8) is 0 Å². The first-order valence-electron chi connectivity index (χ1n) is 9.62. The fourth-order valence-corrected chi connectivity index (χ4v) is 3.18. The maximum Gasteiger partial charge on any atom is 0.256 e. The van der Waals surface area contributed by atoms with E-state index in [-0.39, 0.29) is 11.7 Å². The van der Waals surface area contributed by atoms with Crippen molar-refractivity contribution in [3.8, 4) is 5.75 Å². The van der Waals surface area contributed by atoms with Crippen LogP contribution in [-0.4, -0.2) is 15.7 Å². The zero-order valence-corrected chi connectivity index (χ0v) is 17.2. The highest BCUT2D eigenvalue weighted by molar-refractivity contribution is 6.30. The monoisotopic (exact) mass is 435 g/mol. The Morgan fingerprint density at radius 1 is 1.00 bits per heavy atom. The molecule has 4 rings (SSSR count). The summed E-state index contributed by atoms with van der Waals surface area (Å²) in [4.78, 5) is 12.5. The smallest absolute Gasteiger partial charge is 0.256 e. The molecule has 0 saturated heterocycles. The van der Waals surface area contributed by atoms with Crippen LogP contribution in [0.15, 0.2) is 85.1 Å². The predicted octanol–water partition coefficient (Wildman–Crippen LogP) is 5.56.